The minimum absolute atomic E-state index is 0. The van der Waals surface area contributed by atoms with Gasteiger partial charge in [-0.15, -0.1) is 12.4 Å². The van der Waals surface area contributed by atoms with Crippen LogP contribution < -0.4 is 15.8 Å². The standard InChI is InChI=1S/C27H33N3O5.ClH/c1-33-22-10-12-24(13-11-22)35-25(31)15-20-14-21(30-27(20)32)16-34-23-8-6-18(7-9-23)17-2-4-19(5-3-17)26(28)29;/h2-9,20-22,24H,10-16H2,1H3,(H3,28,29)(H,30,32);1H/t20-,21-,22?,24?;/m0./s1. The zero-order valence-corrected chi connectivity index (χ0v) is 21.2. The lowest BCUT2D eigenvalue weighted by molar-refractivity contribution is -0.154. The van der Waals surface area contributed by atoms with Gasteiger partial charge in [-0.3, -0.25) is 15.0 Å². The van der Waals surface area contributed by atoms with Crippen LogP contribution in [0.15, 0.2) is 48.5 Å². The summed E-state index contributed by atoms with van der Waals surface area (Å²) in [6.07, 6.45) is 4.22. The maximum atomic E-state index is 12.4. The molecule has 4 rings (SSSR count). The molecule has 1 aliphatic carbocycles. The van der Waals surface area contributed by atoms with E-state index in [9.17, 15) is 9.59 Å². The number of carbonyl (C=O) groups excluding carboxylic acids is 2. The SMILES string of the molecule is COC1CCC(OC(=O)C[C@@H]2C[C@@H](COc3ccc(-c4ccc(C(=N)N)cc4)cc3)NC2=O)CC1.Cl. The van der Waals surface area contributed by atoms with Crippen molar-refractivity contribution in [2.75, 3.05) is 13.7 Å². The van der Waals surface area contributed by atoms with Crippen molar-refractivity contribution in [3.8, 4) is 16.9 Å². The Hall–Kier alpha value is -3.10. The van der Waals surface area contributed by atoms with Crippen molar-refractivity contribution >= 4 is 30.1 Å². The third-order valence-corrected chi connectivity index (χ3v) is 6.79. The van der Waals surface area contributed by atoms with Crippen LogP contribution in [0.1, 0.15) is 44.1 Å². The van der Waals surface area contributed by atoms with E-state index in [2.05, 4.69) is 5.32 Å². The van der Waals surface area contributed by atoms with Gasteiger partial charge in [0.15, 0.2) is 0 Å². The Balaban J connectivity index is 0.00000361. The van der Waals surface area contributed by atoms with Crippen LogP contribution in [0.2, 0.25) is 0 Å². The quantitative estimate of drug-likeness (QED) is 0.265. The van der Waals surface area contributed by atoms with Crippen molar-refractivity contribution in [2.45, 2.75) is 56.8 Å². The number of hydrogen-bond acceptors (Lipinski definition) is 6. The third kappa shape index (κ3) is 7.21. The Morgan fingerprint density at radius 3 is 2.17 bits per heavy atom. The van der Waals surface area contributed by atoms with Gasteiger partial charge in [-0.2, -0.15) is 0 Å². The van der Waals surface area contributed by atoms with E-state index in [1.54, 1.807) is 7.11 Å². The Morgan fingerprint density at radius 2 is 1.58 bits per heavy atom. The summed E-state index contributed by atoms with van der Waals surface area (Å²) in [5, 5.41) is 10.4. The fraction of sp³-hybridized carbons (Fsp3) is 0.444. The summed E-state index contributed by atoms with van der Waals surface area (Å²) < 4.78 is 16.8. The molecular weight excluding hydrogens is 482 g/mol. The number of halogens is 1. The molecule has 2 aliphatic rings. The predicted molar refractivity (Wildman–Crippen MR) is 139 cm³/mol. The Morgan fingerprint density at radius 1 is 1.00 bits per heavy atom. The van der Waals surface area contributed by atoms with Gasteiger partial charge in [-0.05, 0) is 55.4 Å². The van der Waals surface area contributed by atoms with Crippen molar-refractivity contribution in [1.82, 2.24) is 5.32 Å². The van der Waals surface area contributed by atoms with Gasteiger partial charge in [0, 0.05) is 12.7 Å². The second-order valence-electron chi connectivity index (χ2n) is 9.29. The fourth-order valence-electron chi connectivity index (χ4n) is 4.72. The minimum Gasteiger partial charge on any atom is -0.491 e. The predicted octanol–water partition coefficient (Wildman–Crippen LogP) is 3.83. The molecule has 1 aliphatic heterocycles. The molecule has 2 aromatic carbocycles. The molecule has 0 radical (unpaired) electrons. The molecule has 2 atom stereocenters. The van der Waals surface area contributed by atoms with Crippen molar-refractivity contribution in [1.29, 1.82) is 5.41 Å². The Labute approximate surface area is 217 Å². The van der Waals surface area contributed by atoms with Crippen LogP contribution in [0.3, 0.4) is 0 Å². The minimum atomic E-state index is -0.383. The van der Waals surface area contributed by atoms with Gasteiger partial charge >= 0.3 is 5.97 Å². The van der Waals surface area contributed by atoms with Crippen LogP contribution in [-0.2, 0) is 19.1 Å². The summed E-state index contributed by atoms with van der Waals surface area (Å²) in [7, 11) is 1.71. The molecule has 2 aromatic rings. The maximum absolute atomic E-state index is 12.4. The van der Waals surface area contributed by atoms with Crippen molar-refractivity contribution in [3.63, 3.8) is 0 Å². The third-order valence-electron chi connectivity index (χ3n) is 6.79. The van der Waals surface area contributed by atoms with Crippen molar-refractivity contribution in [3.05, 3.63) is 54.1 Å². The highest BCUT2D eigenvalue weighted by atomic mass is 35.5. The molecule has 0 aromatic heterocycles. The molecule has 8 nitrogen and oxygen atoms in total. The number of nitrogens with two attached hydrogens (primary N) is 1. The number of rotatable bonds is 9. The number of hydrogen-bond donors (Lipinski definition) is 3. The van der Waals surface area contributed by atoms with E-state index in [1.807, 2.05) is 48.5 Å². The maximum Gasteiger partial charge on any atom is 0.306 e. The number of benzene rings is 2. The van der Waals surface area contributed by atoms with E-state index in [4.69, 9.17) is 25.4 Å². The molecule has 2 fully saturated rings. The number of methoxy groups -OCH3 is 1. The van der Waals surface area contributed by atoms with E-state index in [0.29, 0.717) is 24.3 Å². The van der Waals surface area contributed by atoms with Gasteiger partial charge in [0.2, 0.25) is 5.91 Å². The smallest absolute Gasteiger partial charge is 0.306 e. The lowest BCUT2D eigenvalue weighted by Gasteiger charge is -2.27. The molecule has 1 amide bonds. The molecular formula is C27H34ClN3O5. The Kier molecular flexibility index (Phi) is 9.73. The first kappa shape index (κ1) is 27.5. The number of nitrogens with one attached hydrogen (secondary N) is 2. The van der Waals surface area contributed by atoms with Crippen LogP contribution >= 0.6 is 12.4 Å². The molecule has 0 unspecified atom stereocenters. The number of nitrogen functional groups attached to an aromatic ring is 1. The summed E-state index contributed by atoms with van der Waals surface area (Å²) in [6, 6.07) is 15.1. The zero-order chi connectivity index (χ0) is 24.8. The monoisotopic (exact) mass is 515 g/mol. The van der Waals surface area contributed by atoms with E-state index < -0.39 is 0 Å². The van der Waals surface area contributed by atoms with Crippen LogP contribution in [0.25, 0.3) is 11.1 Å². The summed E-state index contributed by atoms with van der Waals surface area (Å²) in [5.74, 6) is -0.0598. The van der Waals surface area contributed by atoms with Crippen LogP contribution in [0.4, 0.5) is 0 Å². The van der Waals surface area contributed by atoms with Gasteiger partial charge in [0.05, 0.1) is 24.5 Å². The molecule has 194 valence electrons. The van der Waals surface area contributed by atoms with E-state index >= 15 is 0 Å². The average Bonchev–Trinajstić information content (AvgIpc) is 3.22. The molecule has 1 heterocycles. The van der Waals surface area contributed by atoms with Gasteiger partial charge in [-0.1, -0.05) is 36.4 Å². The first-order valence-electron chi connectivity index (χ1n) is 12.1. The number of carbonyl (C=O) groups is 2. The molecule has 9 heteroatoms. The normalized spacial score (nSPS) is 23.3. The molecule has 0 bridgehead atoms. The summed E-state index contributed by atoms with van der Waals surface area (Å²) in [5.41, 5.74) is 8.24. The highest BCUT2D eigenvalue weighted by molar-refractivity contribution is 5.95. The first-order valence-corrected chi connectivity index (χ1v) is 12.1. The lowest BCUT2D eigenvalue weighted by Crippen LogP contribution is -2.31. The number of amides is 1. The molecule has 1 saturated carbocycles. The summed E-state index contributed by atoms with van der Waals surface area (Å²) in [6.45, 7) is 0.338. The van der Waals surface area contributed by atoms with Gasteiger partial charge < -0.3 is 25.3 Å². The van der Waals surface area contributed by atoms with E-state index in [-0.39, 0.29) is 60.7 Å². The van der Waals surface area contributed by atoms with Gasteiger partial charge in [0.25, 0.3) is 0 Å². The number of amidine groups is 1. The second-order valence-corrected chi connectivity index (χ2v) is 9.29. The lowest BCUT2D eigenvalue weighted by atomic mass is 9.95. The van der Waals surface area contributed by atoms with Gasteiger partial charge in [-0.25, -0.2) is 0 Å². The number of ether oxygens (including phenoxy) is 3. The Bertz CT molecular complexity index is 1040. The average molecular weight is 516 g/mol. The second kappa shape index (κ2) is 12.7. The molecule has 0 spiro atoms. The van der Waals surface area contributed by atoms with Crippen LogP contribution in [-0.4, -0.2) is 49.7 Å². The molecule has 4 N–H and O–H groups in total. The van der Waals surface area contributed by atoms with Crippen molar-refractivity contribution < 1.29 is 23.8 Å². The van der Waals surface area contributed by atoms with E-state index in [1.165, 1.54) is 0 Å². The zero-order valence-electron chi connectivity index (χ0n) is 20.4. The summed E-state index contributed by atoms with van der Waals surface area (Å²) in [4.78, 5) is 24.7. The van der Waals surface area contributed by atoms with Crippen LogP contribution in [0, 0.1) is 11.3 Å². The number of esters is 1. The molecule has 1 saturated heterocycles. The topological polar surface area (TPSA) is 124 Å². The largest absolute Gasteiger partial charge is 0.491 e. The summed E-state index contributed by atoms with van der Waals surface area (Å²) >= 11 is 0. The van der Waals surface area contributed by atoms with Gasteiger partial charge in [0.1, 0.15) is 24.3 Å². The fourth-order valence-corrected chi connectivity index (χ4v) is 4.72. The first-order chi connectivity index (χ1) is 16.9. The molecule has 36 heavy (non-hydrogen) atoms. The van der Waals surface area contributed by atoms with Crippen LogP contribution in [0.5, 0.6) is 5.75 Å². The van der Waals surface area contributed by atoms with E-state index in [0.717, 1.165) is 36.8 Å². The van der Waals surface area contributed by atoms with Crippen molar-refractivity contribution in [2.24, 2.45) is 11.7 Å². The highest BCUT2D eigenvalue weighted by Crippen LogP contribution is 2.26. The highest BCUT2D eigenvalue weighted by Gasteiger charge is 2.35.